The molecule has 0 unspecified atom stereocenters. The van der Waals surface area contributed by atoms with Crippen LogP contribution in [-0.2, 0) is 0 Å². The number of phenolic OH excluding ortho intramolecular Hbond substituents is 1. The second-order valence-electron chi connectivity index (χ2n) is 6.73. The Kier molecular flexibility index (Phi) is 4.53. The van der Waals surface area contributed by atoms with Crippen LogP contribution in [-0.4, -0.2) is 21.0 Å². The van der Waals surface area contributed by atoms with Crippen LogP contribution >= 0.6 is 11.3 Å². The van der Waals surface area contributed by atoms with Gasteiger partial charge in [0.2, 0.25) is 0 Å². The number of carbonyl (C=O) groups excluding carboxylic acids is 1. The van der Waals surface area contributed by atoms with Gasteiger partial charge >= 0.3 is 0 Å². The summed E-state index contributed by atoms with van der Waals surface area (Å²) in [6.45, 7) is 3.67. The lowest BCUT2D eigenvalue weighted by Gasteiger charge is -2.12. The number of nitrogens with zero attached hydrogens (tertiary/aromatic N) is 2. The first-order chi connectivity index (χ1) is 13.0. The van der Waals surface area contributed by atoms with Gasteiger partial charge in [0.15, 0.2) is 5.13 Å². The lowest BCUT2D eigenvalue weighted by Crippen LogP contribution is -2.12. The highest BCUT2D eigenvalue weighted by Crippen LogP contribution is 2.43. The summed E-state index contributed by atoms with van der Waals surface area (Å²) in [5, 5.41) is 16.6. The number of aromatic hydroxyl groups is 1. The minimum absolute atomic E-state index is 0.158. The Morgan fingerprint density at radius 1 is 1.22 bits per heavy atom. The first-order valence-corrected chi connectivity index (χ1v) is 9.63. The largest absolute Gasteiger partial charge is 0.508 e. The fourth-order valence-electron chi connectivity index (χ4n) is 2.99. The van der Waals surface area contributed by atoms with Crippen molar-refractivity contribution < 1.29 is 9.90 Å². The number of rotatable bonds is 5. The van der Waals surface area contributed by atoms with Crippen LogP contribution in [0.2, 0.25) is 0 Å². The Bertz CT molecular complexity index is 1010. The molecule has 0 radical (unpaired) electrons. The molecule has 4 rings (SSSR count). The van der Waals surface area contributed by atoms with Crippen molar-refractivity contribution in [3.63, 3.8) is 0 Å². The quantitative estimate of drug-likeness (QED) is 0.595. The van der Waals surface area contributed by atoms with Crippen LogP contribution in [0.5, 0.6) is 5.75 Å². The van der Waals surface area contributed by atoms with E-state index in [0.29, 0.717) is 27.2 Å². The van der Waals surface area contributed by atoms with E-state index < -0.39 is 0 Å². The van der Waals surface area contributed by atoms with Crippen molar-refractivity contribution in [1.82, 2.24) is 9.97 Å². The molecule has 3 aromatic rings. The summed E-state index contributed by atoms with van der Waals surface area (Å²) in [4.78, 5) is 21.8. The van der Waals surface area contributed by atoms with Crippen LogP contribution in [0.25, 0.3) is 0 Å². The van der Waals surface area contributed by atoms with Crippen molar-refractivity contribution in [2.24, 2.45) is 0 Å². The molecule has 6 nitrogen and oxygen atoms in total. The number of aryl methyl sites for hydroxylation is 1. The molecular weight excluding hydrogens is 360 g/mol. The number of amides is 1. The van der Waals surface area contributed by atoms with E-state index in [1.54, 1.807) is 31.5 Å². The minimum Gasteiger partial charge on any atom is -0.508 e. The minimum atomic E-state index is -0.249. The molecule has 0 saturated heterocycles. The topological polar surface area (TPSA) is 87.1 Å². The monoisotopic (exact) mass is 380 g/mol. The second-order valence-corrected chi connectivity index (χ2v) is 7.76. The highest BCUT2D eigenvalue weighted by molar-refractivity contribution is 7.17. The molecule has 1 fully saturated rings. The molecule has 1 saturated carbocycles. The lowest BCUT2D eigenvalue weighted by molar-refractivity contribution is 0.103. The Hall–Kier alpha value is -2.93. The molecule has 27 heavy (non-hydrogen) atoms. The van der Waals surface area contributed by atoms with Gasteiger partial charge in [-0.15, -0.1) is 0 Å². The average molecular weight is 380 g/mol. The van der Waals surface area contributed by atoms with Crippen LogP contribution in [0.4, 0.5) is 16.6 Å². The zero-order chi connectivity index (χ0) is 19.0. The maximum absolute atomic E-state index is 12.6. The summed E-state index contributed by atoms with van der Waals surface area (Å²) in [7, 11) is 0. The number of aromatic nitrogens is 2. The number of phenols is 1. The van der Waals surface area contributed by atoms with E-state index in [1.807, 2.05) is 13.0 Å². The maximum Gasteiger partial charge on any atom is 0.267 e. The zero-order valence-electron chi connectivity index (χ0n) is 15.1. The molecule has 0 spiro atoms. The van der Waals surface area contributed by atoms with Crippen molar-refractivity contribution in [1.29, 1.82) is 0 Å². The smallest absolute Gasteiger partial charge is 0.267 e. The van der Waals surface area contributed by atoms with Gasteiger partial charge in [0.1, 0.15) is 16.4 Å². The van der Waals surface area contributed by atoms with Gasteiger partial charge in [0, 0.05) is 11.8 Å². The lowest BCUT2D eigenvalue weighted by atomic mass is 10.1. The van der Waals surface area contributed by atoms with E-state index in [9.17, 15) is 9.90 Å². The standard InChI is InChI=1S/C20H20N4O2S/c1-11-5-8-15(25)12(2)17(11)23-19(26)16-10-22-20(27-16)24-18-14(13-6-7-13)4-3-9-21-18/h3-5,8-10,13,25H,6-7H2,1-2H3,(H,23,26)(H,21,22,24). The van der Waals surface area contributed by atoms with Crippen LogP contribution in [0.1, 0.15) is 45.1 Å². The van der Waals surface area contributed by atoms with Gasteiger partial charge in [-0.25, -0.2) is 9.97 Å². The van der Waals surface area contributed by atoms with E-state index in [2.05, 4.69) is 26.7 Å². The fraction of sp³-hybridized carbons (Fsp3) is 0.250. The van der Waals surface area contributed by atoms with Crippen LogP contribution < -0.4 is 10.6 Å². The van der Waals surface area contributed by atoms with E-state index >= 15 is 0 Å². The molecule has 0 aliphatic heterocycles. The summed E-state index contributed by atoms with van der Waals surface area (Å²) in [6.07, 6.45) is 5.68. The maximum atomic E-state index is 12.6. The molecular formula is C20H20N4O2S. The highest BCUT2D eigenvalue weighted by Gasteiger charge is 2.27. The van der Waals surface area contributed by atoms with Crippen molar-refractivity contribution in [2.45, 2.75) is 32.6 Å². The van der Waals surface area contributed by atoms with Crippen molar-refractivity contribution in [3.05, 3.63) is 58.2 Å². The van der Waals surface area contributed by atoms with Gasteiger partial charge in [-0.2, -0.15) is 0 Å². The first-order valence-electron chi connectivity index (χ1n) is 8.81. The summed E-state index contributed by atoms with van der Waals surface area (Å²) >= 11 is 1.28. The summed E-state index contributed by atoms with van der Waals surface area (Å²) < 4.78 is 0. The van der Waals surface area contributed by atoms with E-state index in [0.717, 1.165) is 11.4 Å². The summed E-state index contributed by atoms with van der Waals surface area (Å²) in [5.74, 6) is 1.28. The molecule has 1 aromatic carbocycles. The van der Waals surface area contributed by atoms with Gasteiger partial charge < -0.3 is 15.7 Å². The van der Waals surface area contributed by atoms with Gasteiger partial charge in [0.05, 0.1) is 11.9 Å². The van der Waals surface area contributed by atoms with Gasteiger partial charge in [-0.05, 0) is 55.9 Å². The fourth-order valence-corrected chi connectivity index (χ4v) is 3.70. The molecule has 7 heteroatoms. The molecule has 2 heterocycles. The van der Waals surface area contributed by atoms with E-state index in [-0.39, 0.29) is 11.7 Å². The van der Waals surface area contributed by atoms with Crippen molar-refractivity contribution in [2.75, 3.05) is 10.6 Å². The van der Waals surface area contributed by atoms with Gasteiger partial charge in [0.25, 0.3) is 5.91 Å². The number of nitrogens with one attached hydrogen (secondary N) is 2. The number of hydrogen-bond donors (Lipinski definition) is 3. The number of benzene rings is 1. The molecule has 3 N–H and O–H groups in total. The van der Waals surface area contributed by atoms with Crippen molar-refractivity contribution >= 4 is 33.9 Å². The number of thiazole rings is 1. The predicted octanol–water partition coefficient (Wildman–Crippen LogP) is 4.73. The molecule has 0 bridgehead atoms. The van der Waals surface area contributed by atoms with E-state index in [1.165, 1.54) is 29.7 Å². The van der Waals surface area contributed by atoms with Crippen molar-refractivity contribution in [3.8, 4) is 5.75 Å². The second kappa shape index (κ2) is 7.00. The van der Waals surface area contributed by atoms with Crippen LogP contribution in [0, 0.1) is 13.8 Å². The van der Waals surface area contributed by atoms with Crippen LogP contribution in [0.3, 0.4) is 0 Å². The summed E-state index contributed by atoms with van der Waals surface area (Å²) in [5.41, 5.74) is 3.37. The SMILES string of the molecule is Cc1ccc(O)c(C)c1NC(=O)c1cnc(Nc2ncccc2C2CC2)s1. The van der Waals surface area contributed by atoms with Gasteiger partial charge in [-0.3, -0.25) is 4.79 Å². The molecule has 1 aliphatic rings. The number of anilines is 3. The number of pyridine rings is 1. The van der Waals surface area contributed by atoms with Gasteiger partial charge in [-0.1, -0.05) is 23.5 Å². The number of hydrogen-bond acceptors (Lipinski definition) is 6. The average Bonchev–Trinajstić information content (AvgIpc) is 3.41. The Balaban J connectivity index is 1.51. The molecule has 2 aromatic heterocycles. The zero-order valence-corrected chi connectivity index (χ0v) is 15.9. The first kappa shape index (κ1) is 17.5. The third kappa shape index (κ3) is 3.64. The molecule has 1 amide bonds. The molecule has 0 atom stereocenters. The normalized spacial score (nSPS) is 13.4. The number of carbonyl (C=O) groups is 1. The van der Waals surface area contributed by atoms with E-state index in [4.69, 9.17) is 0 Å². The predicted molar refractivity (Wildman–Crippen MR) is 107 cm³/mol. The third-order valence-corrected chi connectivity index (χ3v) is 5.61. The molecule has 138 valence electrons. The third-order valence-electron chi connectivity index (χ3n) is 4.69. The molecule has 1 aliphatic carbocycles. The highest BCUT2D eigenvalue weighted by atomic mass is 32.1. The van der Waals surface area contributed by atoms with Crippen LogP contribution in [0.15, 0.2) is 36.7 Å². The summed E-state index contributed by atoms with van der Waals surface area (Å²) in [6, 6.07) is 7.43. The Morgan fingerprint density at radius 2 is 2.04 bits per heavy atom. The Morgan fingerprint density at radius 3 is 2.81 bits per heavy atom. The Labute approximate surface area is 161 Å².